The van der Waals surface area contributed by atoms with E-state index in [0.717, 1.165) is 0 Å². The van der Waals surface area contributed by atoms with Crippen molar-refractivity contribution in [3.8, 4) is 23.5 Å². The Balaban J connectivity index is 1.97. The number of likely N-dealkylation sites (N-methyl/N-ethyl adjacent to an activating group) is 1. The summed E-state index contributed by atoms with van der Waals surface area (Å²) in [4.78, 5) is 21.5. The number of methoxy groups -OCH3 is 1. The minimum Gasteiger partial charge on any atom is -0.497 e. The van der Waals surface area contributed by atoms with Gasteiger partial charge in [-0.15, -0.1) is 0 Å². The number of sulfonamides is 1. The zero-order chi connectivity index (χ0) is 28.0. The molecule has 38 heavy (non-hydrogen) atoms. The molecule has 2 aromatic rings. The van der Waals surface area contributed by atoms with E-state index >= 15 is 0 Å². The van der Waals surface area contributed by atoms with Crippen LogP contribution in [0.4, 0.5) is 0 Å². The number of rotatable bonds is 8. The molecule has 0 saturated carbocycles. The third-order valence-electron chi connectivity index (χ3n) is 6.34. The van der Waals surface area contributed by atoms with E-state index in [0.29, 0.717) is 17.9 Å². The molecule has 3 rings (SSSR count). The molecule has 11 heteroatoms. The maximum absolute atomic E-state index is 13.5. The molecule has 206 valence electrons. The van der Waals surface area contributed by atoms with Gasteiger partial charge >= 0.3 is 0 Å². The maximum Gasteiger partial charge on any atom is 0.259 e. The number of hydrogen-bond acceptors (Lipinski definition) is 8. The van der Waals surface area contributed by atoms with E-state index in [1.165, 1.54) is 36.8 Å². The summed E-state index contributed by atoms with van der Waals surface area (Å²) >= 11 is 0. The van der Waals surface area contributed by atoms with Crippen LogP contribution in [-0.4, -0.2) is 105 Å². The molecule has 0 bridgehead atoms. The minimum absolute atomic E-state index is 0.0156. The summed E-state index contributed by atoms with van der Waals surface area (Å²) in [5.74, 6) is 5.98. The number of aliphatic hydroxyl groups excluding tert-OH is 1. The topological polar surface area (TPSA) is 113 Å². The predicted octanol–water partition coefficient (Wildman–Crippen LogP) is 1.54. The fourth-order valence-corrected chi connectivity index (χ4v) is 5.20. The average molecular weight is 545 g/mol. The van der Waals surface area contributed by atoms with Crippen molar-refractivity contribution < 1.29 is 27.8 Å². The fourth-order valence-electron chi connectivity index (χ4n) is 3.98. The Morgan fingerprint density at radius 2 is 2.03 bits per heavy atom. The van der Waals surface area contributed by atoms with Gasteiger partial charge in [-0.2, -0.15) is 4.31 Å². The SMILES string of the molecule is COc1cccc(S(=O)(=O)N(C)C[C@H]2Oc3ncc(C#CCN(C)C)cc3C(=O)N([C@H](C)CO)C[C@@H]2C)c1. The lowest BCUT2D eigenvalue weighted by Gasteiger charge is -2.37. The van der Waals surface area contributed by atoms with Crippen molar-refractivity contribution in [2.45, 2.75) is 30.9 Å². The monoisotopic (exact) mass is 544 g/mol. The molecule has 3 atom stereocenters. The second kappa shape index (κ2) is 12.6. The quantitative estimate of drug-likeness (QED) is 0.498. The molecule has 1 amide bonds. The Labute approximate surface area is 225 Å². The first-order valence-corrected chi connectivity index (χ1v) is 13.7. The molecule has 0 saturated heterocycles. The Morgan fingerprint density at radius 1 is 1.29 bits per heavy atom. The van der Waals surface area contributed by atoms with Gasteiger partial charge in [0.1, 0.15) is 17.4 Å². The number of amides is 1. The standard InChI is InChI=1S/C27H36N4O6S/c1-19-16-31(20(2)18-32)27(33)24-13-21(9-8-12-29(3)4)15-28-26(24)37-25(19)17-30(5)38(34,35)23-11-7-10-22(14-23)36-6/h7,10-11,13-15,19-20,25,32H,12,16-18H2,1-6H3/t19-,20+,25+/m0/s1. The van der Waals surface area contributed by atoms with Crippen molar-refractivity contribution in [2.75, 3.05) is 54.5 Å². The smallest absolute Gasteiger partial charge is 0.259 e. The minimum atomic E-state index is -3.85. The van der Waals surface area contributed by atoms with Crippen LogP contribution in [0.1, 0.15) is 29.8 Å². The summed E-state index contributed by atoms with van der Waals surface area (Å²) < 4.78 is 39.3. The Morgan fingerprint density at radius 3 is 2.68 bits per heavy atom. The van der Waals surface area contributed by atoms with Crippen molar-refractivity contribution in [2.24, 2.45) is 5.92 Å². The molecule has 0 aliphatic carbocycles. The number of pyridine rings is 1. The van der Waals surface area contributed by atoms with E-state index in [1.54, 1.807) is 30.0 Å². The number of benzene rings is 1. The van der Waals surface area contributed by atoms with Crippen LogP contribution < -0.4 is 9.47 Å². The van der Waals surface area contributed by atoms with E-state index in [9.17, 15) is 18.3 Å². The van der Waals surface area contributed by atoms with Gasteiger partial charge in [-0.3, -0.25) is 9.69 Å². The molecule has 0 fully saturated rings. The Hall–Kier alpha value is -3.17. The second-order valence-corrected chi connectivity index (χ2v) is 11.7. The van der Waals surface area contributed by atoms with Gasteiger partial charge in [0.25, 0.3) is 5.91 Å². The molecule has 0 spiro atoms. The van der Waals surface area contributed by atoms with Crippen LogP contribution in [0.25, 0.3) is 0 Å². The first kappa shape index (κ1) is 29.4. The number of fused-ring (bicyclic) bond motifs is 1. The van der Waals surface area contributed by atoms with Crippen LogP contribution >= 0.6 is 0 Å². The van der Waals surface area contributed by atoms with Gasteiger partial charge in [0.05, 0.1) is 37.7 Å². The average Bonchev–Trinajstić information content (AvgIpc) is 2.90. The molecule has 1 aliphatic rings. The number of carbonyl (C=O) groups excluding carboxylic acids is 1. The molecule has 0 unspecified atom stereocenters. The normalized spacial score (nSPS) is 18.7. The molecule has 0 radical (unpaired) electrons. The van der Waals surface area contributed by atoms with Gasteiger partial charge in [-0.1, -0.05) is 24.8 Å². The summed E-state index contributed by atoms with van der Waals surface area (Å²) in [5.41, 5.74) is 0.777. The van der Waals surface area contributed by atoms with Gasteiger partial charge in [-0.05, 0) is 39.2 Å². The fraction of sp³-hybridized carbons (Fsp3) is 0.481. The number of hydrogen-bond donors (Lipinski definition) is 1. The van der Waals surface area contributed by atoms with Crippen molar-refractivity contribution in [1.82, 2.24) is 19.1 Å². The molecular formula is C27H36N4O6S. The predicted molar refractivity (Wildman–Crippen MR) is 144 cm³/mol. The lowest BCUT2D eigenvalue weighted by molar-refractivity contribution is 0.0373. The van der Waals surface area contributed by atoms with Crippen LogP contribution in [0.5, 0.6) is 11.6 Å². The second-order valence-electron chi connectivity index (χ2n) is 9.70. The van der Waals surface area contributed by atoms with E-state index in [2.05, 4.69) is 16.8 Å². The number of nitrogens with zero attached hydrogens (tertiary/aromatic N) is 4. The largest absolute Gasteiger partial charge is 0.497 e. The zero-order valence-electron chi connectivity index (χ0n) is 22.7. The summed E-state index contributed by atoms with van der Waals surface area (Å²) in [6.07, 6.45) is 0.910. The zero-order valence-corrected chi connectivity index (χ0v) is 23.5. The van der Waals surface area contributed by atoms with Crippen LogP contribution in [0.15, 0.2) is 41.4 Å². The van der Waals surface area contributed by atoms with E-state index in [1.807, 2.05) is 25.9 Å². The number of aromatic nitrogens is 1. The van der Waals surface area contributed by atoms with Crippen LogP contribution in [0.3, 0.4) is 0 Å². The van der Waals surface area contributed by atoms with Gasteiger partial charge < -0.3 is 19.5 Å². The van der Waals surface area contributed by atoms with Crippen molar-refractivity contribution in [3.05, 3.63) is 47.7 Å². The van der Waals surface area contributed by atoms with Crippen LogP contribution in [0.2, 0.25) is 0 Å². The first-order chi connectivity index (χ1) is 18.0. The van der Waals surface area contributed by atoms with Gasteiger partial charge in [0.2, 0.25) is 15.9 Å². The molecule has 2 heterocycles. The molecule has 1 aliphatic heterocycles. The highest BCUT2D eigenvalue weighted by Gasteiger charge is 2.36. The molecule has 1 aromatic carbocycles. The Kier molecular flexibility index (Phi) is 9.73. The van der Waals surface area contributed by atoms with Gasteiger partial charge in [-0.25, -0.2) is 13.4 Å². The van der Waals surface area contributed by atoms with Crippen molar-refractivity contribution in [3.63, 3.8) is 0 Å². The van der Waals surface area contributed by atoms with E-state index in [4.69, 9.17) is 9.47 Å². The summed E-state index contributed by atoms with van der Waals surface area (Å²) in [7, 11) is 2.93. The van der Waals surface area contributed by atoms with E-state index < -0.39 is 22.2 Å². The number of carbonyl (C=O) groups is 1. The highest BCUT2D eigenvalue weighted by molar-refractivity contribution is 7.89. The molecule has 1 N–H and O–H groups in total. The Bertz CT molecular complexity index is 1300. The molecule has 10 nitrogen and oxygen atoms in total. The van der Waals surface area contributed by atoms with Gasteiger partial charge in [0, 0.05) is 37.3 Å². The highest BCUT2D eigenvalue weighted by atomic mass is 32.2. The third-order valence-corrected chi connectivity index (χ3v) is 8.15. The third kappa shape index (κ3) is 6.82. The number of ether oxygens (including phenoxy) is 2. The van der Waals surface area contributed by atoms with E-state index in [-0.39, 0.29) is 47.9 Å². The van der Waals surface area contributed by atoms with Crippen LogP contribution in [-0.2, 0) is 10.0 Å². The summed E-state index contributed by atoms with van der Waals surface area (Å²) in [6, 6.07) is 7.44. The molecular weight excluding hydrogens is 508 g/mol. The van der Waals surface area contributed by atoms with Crippen molar-refractivity contribution >= 4 is 15.9 Å². The lowest BCUT2D eigenvalue weighted by Crippen LogP contribution is -2.50. The lowest BCUT2D eigenvalue weighted by atomic mass is 10.0. The van der Waals surface area contributed by atoms with Gasteiger partial charge in [0.15, 0.2) is 0 Å². The highest BCUT2D eigenvalue weighted by Crippen LogP contribution is 2.28. The van der Waals surface area contributed by atoms with Crippen molar-refractivity contribution in [1.29, 1.82) is 0 Å². The number of aliphatic hydroxyl groups is 1. The first-order valence-electron chi connectivity index (χ1n) is 12.3. The summed E-state index contributed by atoms with van der Waals surface area (Å²) in [6.45, 7) is 4.24. The van der Waals surface area contributed by atoms with Crippen LogP contribution in [0, 0.1) is 17.8 Å². The molecule has 1 aromatic heterocycles. The summed E-state index contributed by atoms with van der Waals surface area (Å²) in [5, 5.41) is 9.85. The maximum atomic E-state index is 13.5.